The van der Waals surface area contributed by atoms with Crippen molar-refractivity contribution >= 4 is 20.8 Å². The van der Waals surface area contributed by atoms with Crippen LogP contribution in [0, 0.1) is 0 Å². The molecule has 164 valence electrons. The van der Waals surface area contributed by atoms with Crippen LogP contribution in [0.4, 0.5) is 0 Å². The average Bonchev–Trinajstić information content (AvgIpc) is 2.79. The van der Waals surface area contributed by atoms with E-state index < -0.39 is 10.0 Å². The minimum Gasteiger partial charge on any atom is -0.493 e. The fraction of sp³-hybridized carbons (Fsp3) is 0.333. The van der Waals surface area contributed by atoms with Gasteiger partial charge in [0.1, 0.15) is 5.75 Å². The van der Waals surface area contributed by atoms with E-state index in [1.54, 1.807) is 12.1 Å². The average molecular weight is 441 g/mol. The van der Waals surface area contributed by atoms with E-state index in [0.717, 1.165) is 18.5 Å². The van der Waals surface area contributed by atoms with Crippen molar-refractivity contribution in [1.82, 2.24) is 9.62 Å². The summed E-state index contributed by atoms with van der Waals surface area (Å²) in [5, 5.41) is 1.44. The van der Waals surface area contributed by atoms with Gasteiger partial charge < -0.3 is 9.47 Å². The lowest BCUT2D eigenvalue weighted by Crippen LogP contribution is -2.47. The standard InChI is InChI=1S/C24H28N2O4S/c1-2-29-23-12-13-24(22-11-7-6-10-21(22)23)31(27,28)25-16-20-18-26(14-15-30-20)17-19-8-4-3-5-9-19/h3-13,20,25H,2,14-18H2,1H3. The van der Waals surface area contributed by atoms with Crippen molar-refractivity contribution < 1.29 is 17.9 Å². The van der Waals surface area contributed by atoms with Gasteiger partial charge in [0.05, 0.1) is 24.2 Å². The van der Waals surface area contributed by atoms with Crippen molar-refractivity contribution in [2.24, 2.45) is 0 Å². The minimum atomic E-state index is -3.70. The predicted octanol–water partition coefficient (Wildman–Crippen LogP) is 3.42. The Morgan fingerprint density at radius 3 is 2.55 bits per heavy atom. The fourth-order valence-corrected chi connectivity index (χ4v) is 5.20. The Bertz CT molecular complexity index is 1120. The SMILES string of the molecule is CCOc1ccc(S(=O)(=O)NCC2CN(Cc3ccccc3)CCO2)c2ccccc12. The third-order valence-corrected chi connectivity index (χ3v) is 6.89. The summed E-state index contributed by atoms with van der Waals surface area (Å²) in [5.41, 5.74) is 1.24. The minimum absolute atomic E-state index is 0.193. The summed E-state index contributed by atoms with van der Waals surface area (Å²) in [4.78, 5) is 2.55. The molecule has 4 rings (SSSR count). The molecule has 0 aliphatic carbocycles. The van der Waals surface area contributed by atoms with Gasteiger partial charge in [-0.3, -0.25) is 4.90 Å². The van der Waals surface area contributed by atoms with E-state index >= 15 is 0 Å². The Morgan fingerprint density at radius 1 is 1.03 bits per heavy atom. The quantitative estimate of drug-likeness (QED) is 0.581. The summed E-state index contributed by atoms with van der Waals surface area (Å²) in [6, 6.07) is 21.0. The first-order valence-corrected chi connectivity index (χ1v) is 12.1. The molecule has 1 fully saturated rings. The van der Waals surface area contributed by atoms with E-state index in [9.17, 15) is 8.42 Å². The molecule has 1 aliphatic rings. The van der Waals surface area contributed by atoms with E-state index in [0.29, 0.717) is 30.9 Å². The molecule has 7 heteroatoms. The molecule has 0 aromatic heterocycles. The maximum absolute atomic E-state index is 13.1. The normalized spacial score (nSPS) is 17.6. The second-order valence-corrected chi connectivity index (χ2v) is 9.34. The first-order chi connectivity index (χ1) is 15.1. The largest absolute Gasteiger partial charge is 0.493 e. The smallest absolute Gasteiger partial charge is 0.241 e. The zero-order valence-electron chi connectivity index (χ0n) is 17.7. The van der Waals surface area contributed by atoms with Crippen molar-refractivity contribution in [3.05, 3.63) is 72.3 Å². The number of nitrogens with zero attached hydrogens (tertiary/aromatic N) is 1. The number of hydrogen-bond acceptors (Lipinski definition) is 5. The van der Waals surface area contributed by atoms with E-state index in [1.807, 2.05) is 49.4 Å². The van der Waals surface area contributed by atoms with E-state index in [1.165, 1.54) is 5.56 Å². The molecule has 0 saturated carbocycles. The molecule has 3 aromatic rings. The highest BCUT2D eigenvalue weighted by Gasteiger charge is 2.24. The summed E-state index contributed by atoms with van der Waals surface area (Å²) in [6.45, 7) is 5.60. The summed E-state index contributed by atoms with van der Waals surface area (Å²) < 4.78 is 40.5. The van der Waals surface area contributed by atoms with Crippen LogP contribution < -0.4 is 9.46 Å². The Labute approximate surface area is 183 Å². The van der Waals surface area contributed by atoms with Crippen LogP contribution >= 0.6 is 0 Å². The van der Waals surface area contributed by atoms with Crippen LogP contribution in [0.3, 0.4) is 0 Å². The topological polar surface area (TPSA) is 67.9 Å². The lowest BCUT2D eigenvalue weighted by Gasteiger charge is -2.33. The highest BCUT2D eigenvalue weighted by atomic mass is 32.2. The highest BCUT2D eigenvalue weighted by molar-refractivity contribution is 7.89. The van der Waals surface area contributed by atoms with Crippen LogP contribution in [-0.2, 0) is 21.3 Å². The number of morpholine rings is 1. The second-order valence-electron chi connectivity index (χ2n) is 7.61. The molecule has 0 bridgehead atoms. The highest BCUT2D eigenvalue weighted by Crippen LogP contribution is 2.31. The number of rotatable bonds is 8. The van der Waals surface area contributed by atoms with Crippen LogP contribution in [0.5, 0.6) is 5.75 Å². The number of hydrogen-bond donors (Lipinski definition) is 1. The number of sulfonamides is 1. The third-order valence-electron chi connectivity index (χ3n) is 5.41. The fourth-order valence-electron chi connectivity index (χ4n) is 3.93. The Hall–Kier alpha value is -2.45. The lowest BCUT2D eigenvalue weighted by atomic mass is 10.1. The van der Waals surface area contributed by atoms with Gasteiger partial charge in [-0.1, -0.05) is 54.6 Å². The van der Waals surface area contributed by atoms with Crippen molar-refractivity contribution in [3.8, 4) is 5.75 Å². The number of fused-ring (bicyclic) bond motifs is 1. The zero-order chi connectivity index (χ0) is 21.7. The molecule has 3 aromatic carbocycles. The van der Waals surface area contributed by atoms with Gasteiger partial charge in [-0.25, -0.2) is 13.1 Å². The first kappa shape index (κ1) is 21.8. The van der Waals surface area contributed by atoms with Gasteiger partial charge in [-0.05, 0) is 24.6 Å². The van der Waals surface area contributed by atoms with Crippen LogP contribution in [0.1, 0.15) is 12.5 Å². The van der Waals surface area contributed by atoms with Crippen LogP contribution in [0.15, 0.2) is 71.6 Å². The molecule has 0 amide bonds. The van der Waals surface area contributed by atoms with Gasteiger partial charge in [-0.2, -0.15) is 0 Å². The molecule has 1 heterocycles. The van der Waals surface area contributed by atoms with Crippen LogP contribution in [-0.4, -0.2) is 52.3 Å². The van der Waals surface area contributed by atoms with Crippen LogP contribution in [0.25, 0.3) is 10.8 Å². The molecule has 6 nitrogen and oxygen atoms in total. The number of benzene rings is 3. The Morgan fingerprint density at radius 2 is 1.77 bits per heavy atom. The zero-order valence-corrected chi connectivity index (χ0v) is 18.5. The molecular weight excluding hydrogens is 412 g/mol. The molecule has 0 radical (unpaired) electrons. The maximum atomic E-state index is 13.1. The van der Waals surface area contributed by atoms with Gasteiger partial charge in [0.2, 0.25) is 10.0 Å². The van der Waals surface area contributed by atoms with Crippen molar-refractivity contribution in [2.75, 3.05) is 32.8 Å². The summed E-state index contributed by atoms with van der Waals surface area (Å²) in [7, 11) is -3.70. The molecule has 1 N–H and O–H groups in total. The van der Waals surface area contributed by atoms with E-state index in [4.69, 9.17) is 9.47 Å². The van der Waals surface area contributed by atoms with E-state index in [-0.39, 0.29) is 17.5 Å². The molecular formula is C24H28N2O4S. The predicted molar refractivity (Wildman–Crippen MR) is 122 cm³/mol. The molecule has 31 heavy (non-hydrogen) atoms. The number of nitrogens with one attached hydrogen (secondary N) is 1. The monoisotopic (exact) mass is 440 g/mol. The number of ether oxygens (including phenoxy) is 2. The second kappa shape index (κ2) is 9.78. The van der Waals surface area contributed by atoms with Gasteiger partial charge >= 0.3 is 0 Å². The van der Waals surface area contributed by atoms with Crippen LogP contribution in [0.2, 0.25) is 0 Å². The van der Waals surface area contributed by atoms with Gasteiger partial charge in [0.15, 0.2) is 0 Å². The van der Waals surface area contributed by atoms with Gasteiger partial charge in [0.25, 0.3) is 0 Å². The van der Waals surface area contributed by atoms with Gasteiger partial charge in [-0.15, -0.1) is 0 Å². The molecule has 1 atom stereocenters. The van der Waals surface area contributed by atoms with Gasteiger partial charge in [0, 0.05) is 37.0 Å². The Kier molecular flexibility index (Phi) is 6.87. The maximum Gasteiger partial charge on any atom is 0.241 e. The molecule has 1 unspecified atom stereocenters. The summed E-state index contributed by atoms with van der Waals surface area (Å²) in [5.74, 6) is 0.684. The van der Waals surface area contributed by atoms with Crippen molar-refractivity contribution in [3.63, 3.8) is 0 Å². The first-order valence-electron chi connectivity index (χ1n) is 10.6. The molecule has 1 saturated heterocycles. The molecule has 0 spiro atoms. The third kappa shape index (κ3) is 5.25. The van der Waals surface area contributed by atoms with Crippen molar-refractivity contribution in [2.45, 2.75) is 24.5 Å². The van der Waals surface area contributed by atoms with Crippen molar-refractivity contribution in [1.29, 1.82) is 0 Å². The molecule has 1 aliphatic heterocycles. The summed E-state index contributed by atoms with van der Waals surface area (Å²) >= 11 is 0. The lowest BCUT2D eigenvalue weighted by molar-refractivity contribution is -0.0276. The van der Waals surface area contributed by atoms with E-state index in [2.05, 4.69) is 21.8 Å². The Balaban J connectivity index is 1.45. The summed E-state index contributed by atoms with van der Waals surface area (Å²) in [6.07, 6.45) is -0.193.